The molecule has 0 aliphatic carbocycles. The lowest BCUT2D eigenvalue weighted by Gasteiger charge is -2.29. The molecule has 0 aliphatic heterocycles. The lowest BCUT2D eigenvalue weighted by atomic mass is 10.1. The first-order chi connectivity index (χ1) is 20.2. The van der Waals surface area contributed by atoms with Crippen LogP contribution in [0.15, 0.2) is 164 Å². The molecule has 0 spiro atoms. The highest BCUT2D eigenvalue weighted by Gasteiger charge is 2.16. The van der Waals surface area contributed by atoms with Gasteiger partial charge in [0.15, 0.2) is 0 Å². The molecule has 0 bridgehead atoms. The van der Waals surface area contributed by atoms with Gasteiger partial charge in [0.05, 0.1) is 0 Å². The van der Waals surface area contributed by atoms with Crippen LogP contribution in [0.4, 0.5) is 45.5 Å². The van der Waals surface area contributed by atoms with Crippen LogP contribution in [0.2, 0.25) is 0 Å². The van der Waals surface area contributed by atoms with Crippen molar-refractivity contribution < 1.29 is 0 Å². The molecule has 0 unspecified atom stereocenters. The second-order valence-corrected chi connectivity index (χ2v) is 10.1. The number of hydrogen-bond acceptors (Lipinski definition) is 3. The van der Waals surface area contributed by atoms with E-state index in [1.54, 1.807) is 0 Å². The topological polar surface area (TPSA) is 9.72 Å². The molecule has 6 rings (SSSR count). The van der Waals surface area contributed by atoms with Gasteiger partial charge in [0.2, 0.25) is 0 Å². The molecule has 3 heteroatoms. The van der Waals surface area contributed by atoms with Crippen LogP contribution in [0.5, 0.6) is 0 Å². The number of benzene rings is 6. The van der Waals surface area contributed by atoms with Gasteiger partial charge in [-0.05, 0) is 104 Å². The molecule has 3 nitrogen and oxygen atoms in total. The number of para-hydroxylation sites is 3. The van der Waals surface area contributed by atoms with Crippen molar-refractivity contribution in [2.75, 3.05) is 21.7 Å². The Morgan fingerprint density at radius 3 is 0.902 bits per heavy atom. The summed E-state index contributed by atoms with van der Waals surface area (Å²) in [6.45, 7) is 2.12. The van der Waals surface area contributed by atoms with Crippen LogP contribution in [-0.2, 0) is 0 Å². The van der Waals surface area contributed by atoms with Crippen LogP contribution in [0.1, 0.15) is 5.56 Å². The maximum absolute atomic E-state index is 2.30. The molecular weight excluding hydrogens is 498 g/mol. The number of hydrogen-bond donors (Lipinski definition) is 0. The van der Waals surface area contributed by atoms with Gasteiger partial charge in [0.25, 0.3) is 0 Å². The van der Waals surface area contributed by atoms with E-state index in [9.17, 15) is 0 Å². The Balaban J connectivity index is 1.36. The fourth-order valence-electron chi connectivity index (χ4n) is 5.12. The van der Waals surface area contributed by atoms with Gasteiger partial charge in [-0.3, -0.25) is 0 Å². The summed E-state index contributed by atoms with van der Waals surface area (Å²) in [4.78, 5) is 6.80. The molecule has 0 saturated heterocycles. The average molecular weight is 532 g/mol. The molecule has 0 atom stereocenters. The van der Waals surface area contributed by atoms with Crippen molar-refractivity contribution >= 4 is 45.5 Å². The third-order valence-electron chi connectivity index (χ3n) is 7.33. The predicted molar refractivity (Wildman–Crippen MR) is 175 cm³/mol. The zero-order valence-corrected chi connectivity index (χ0v) is 23.4. The zero-order chi connectivity index (χ0) is 28.0. The highest BCUT2D eigenvalue weighted by molar-refractivity contribution is 5.81. The molecule has 6 aromatic carbocycles. The number of aryl methyl sites for hydroxylation is 1. The van der Waals surface area contributed by atoms with Crippen molar-refractivity contribution in [3.63, 3.8) is 0 Å². The van der Waals surface area contributed by atoms with Crippen LogP contribution in [0.3, 0.4) is 0 Å². The number of nitrogens with zero attached hydrogens (tertiary/aromatic N) is 3. The highest BCUT2D eigenvalue weighted by Crippen LogP contribution is 2.39. The van der Waals surface area contributed by atoms with Gasteiger partial charge >= 0.3 is 0 Å². The summed E-state index contributed by atoms with van der Waals surface area (Å²) in [5.41, 5.74) is 10.2. The van der Waals surface area contributed by atoms with E-state index in [0.717, 1.165) is 45.5 Å². The second-order valence-electron chi connectivity index (χ2n) is 10.1. The van der Waals surface area contributed by atoms with Crippen LogP contribution >= 0.6 is 0 Å². The molecule has 0 aromatic heterocycles. The van der Waals surface area contributed by atoms with E-state index >= 15 is 0 Å². The predicted octanol–water partition coefficient (Wildman–Crippen LogP) is 10.7. The van der Waals surface area contributed by atoms with Crippen molar-refractivity contribution in [3.8, 4) is 0 Å². The largest absolute Gasteiger partial charge is 0.345 e. The molecule has 6 aromatic rings. The minimum atomic E-state index is 1.10. The Hall–Kier alpha value is -5.28. The Labute approximate surface area is 243 Å². The fraction of sp³-hybridized carbons (Fsp3) is 0.0526. The van der Waals surface area contributed by atoms with E-state index in [0.29, 0.717) is 0 Å². The lowest BCUT2D eigenvalue weighted by molar-refractivity contribution is 1.20. The normalized spacial score (nSPS) is 10.7. The molecule has 200 valence electrons. The van der Waals surface area contributed by atoms with E-state index in [-0.39, 0.29) is 0 Å². The van der Waals surface area contributed by atoms with Gasteiger partial charge in [-0.2, -0.15) is 0 Å². The molecule has 0 amide bonds. The van der Waals surface area contributed by atoms with Crippen molar-refractivity contribution in [1.82, 2.24) is 0 Å². The summed E-state index contributed by atoms with van der Waals surface area (Å²) in [6.07, 6.45) is 0. The first-order valence-electron chi connectivity index (χ1n) is 13.9. The number of anilines is 8. The maximum atomic E-state index is 2.30. The van der Waals surface area contributed by atoms with Crippen molar-refractivity contribution in [3.05, 3.63) is 169 Å². The van der Waals surface area contributed by atoms with Gasteiger partial charge in [-0.15, -0.1) is 0 Å². The summed E-state index contributed by atoms with van der Waals surface area (Å²) < 4.78 is 0. The van der Waals surface area contributed by atoms with Gasteiger partial charge in [-0.25, -0.2) is 0 Å². The number of rotatable bonds is 8. The van der Waals surface area contributed by atoms with E-state index in [1.807, 2.05) is 6.07 Å². The van der Waals surface area contributed by atoms with E-state index < -0.39 is 0 Å². The van der Waals surface area contributed by atoms with E-state index in [4.69, 9.17) is 0 Å². The Morgan fingerprint density at radius 1 is 0.293 bits per heavy atom. The third kappa shape index (κ3) is 5.70. The molecule has 0 radical (unpaired) electrons. The minimum absolute atomic E-state index is 1.10. The summed E-state index contributed by atoms with van der Waals surface area (Å²) in [7, 11) is 2.10. The molecule has 0 aliphatic rings. The second kappa shape index (κ2) is 11.8. The van der Waals surface area contributed by atoms with Crippen LogP contribution in [0.25, 0.3) is 0 Å². The van der Waals surface area contributed by atoms with Crippen LogP contribution in [-0.4, -0.2) is 7.05 Å². The Morgan fingerprint density at radius 2 is 0.537 bits per heavy atom. The summed E-state index contributed by atoms with van der Waals surface area (Å²) in [5.74, 6) is 0. The van der Waals surface area contributed by atoms with Crippen molar-refractivity contribution in [2.45, 2.75) is 6.92 Å². The molecule has 41 heavy (non-hydrogen) atoms. The Kier molecular flexibility index (Phi) is 7.51. The Bertz CT molecular complexity index is 1660. The maximum Gasteiger partial charge on any atom is 0.0463 e. The highest BCUT2D eigenvalue weighted by atomic mass is 15.2. The molecule has 0 fully saturated rings. The van der Waals surface area contributed by atoms with Gasteiger partial charge in [-0.1, -0.05) is 72.3 Å². The lowest BCUT2D eigenvalue weighted by Crippen LogP contribution is -2.13. The first-order valence-corrected chi connectivity index (χ1v) is 13.9. The minimum Gasteiger partial charge on any atom is -0.345 e. The van der Waals surface area contributed by atoms with Gasteiger partial charge in [0.1, 0.15) is 0 Å². The zero-order valence-electron chi connectivity index (χ0n) is 23.4. The van der Waals surface area contributed by atoms with E-state index in [1.165, 1.54) is 5.56 Å². The van der Waals surface area contributed by atoms with Crippen molar-refractivity contribution in [2.24, 2.45) is 0 Å². The van der Waals surface area contributed by atoms with Gasteiger partial charge in [0, 0.05) is 52.5 Å². The quantitative estimate of drug-likeness (QED) is 0.193. The summed E-state index contributed by atoms with van der Waals surface area (Å²) in [5, 5.41) is 0. The SMILES string of the molecule is Cc1ccc(N(c2ccccc2)c2ccc(N(c3ccccc3)c3ccc(N(C)c4ccccc4)cc3)cc2)cc1. The molecule has 0 heterocycles. The third-order valence-corrected chi connectivity index (χ3v) is 7.33. The molecule has 0 N–H and O–H groups in total. The van der Waals surface area contributed by atoms with Crippen molar-refractivity contribution in [1.29, 1.82) is 0 Å². The molecular formula is C38H33N3. The molecule has 0 saturated carbocycles. The standard InChI is InChI=1S/C38H33N3/c1-30-18-20-35(21-19-30)40(33-14-8-4-9-15-33)37-26-28-38(29-27-37)41(34-16-10-5-11-17-34)36-24-22-32(23-25-36)39(2)31-12-6-3-7-13-31/h3-29H,1-2H3. The average Bonchev–Trinajstić information content (AvgIpc) is 3.04. The van der Waals surface area contributed by atoms with Crippen LogP contribution < -0.4 is 14.7 Å². The smallest absolute Gasteiger partial charge is 0.0463 e. The summed E-state index contributed by atoms with van der Waals surface area (Å²) in [6, 6.07) is 57.7. The summed E-state index contributed by atoms with van der Waals surface area (Å²) >= 11 is 0. The van der Waals surface area contributed by atoms with Crippen LogP contribution in [0, 0.1) is 6.92 Å². The van der Waals surface area contributed by atoms with E-state index in [2.05, 4.69) is 186 Å². The van der Waals surface area contributed by atoms with Gasteiger partial charge < -0.3 is 14.7 Å². The first kappa shape index (κ1) is 26.0. The fourth-order valence-corrected chi connectivity index (χ4v) is 5.12. The monoisotopic (exact) mass is 531 g/mol.